The van der Waals surface area contributed by atoms with Gasteiger partial charge in [-0.3, -0.25) is 14.6 Å². The lowest BCUT2D eigenvalue weighted by Crippen LogP contribution is -2.41. The van der Waals surface area contributed by atoms with E-state index in [1.165, 1.54) is 0 Å². The number of aryl methyl sites for hydroxylation is 1. The molecule has 3 atom stereocenters. The molecule has 0 aromatic carbocycles. The molecule has 1 aliphatic carbocycles. The van der Waals surface area contributed by atoms with Crippen LogP contribution >= 0.6 is 0 Å². The van der Waals surface area contributed by atoms with Crippen molar-refractivity contribution in [2.24, 2.45) is 5.92 Å². The van der Waals surface area contributed by atoms with Crippen LogP contribution in [0.2, 0.25) is 0 Å². The van der Waals surface area contributed by atoms with E-state index in [0.717, 1.165) is 24.1 Å². The average Bonchev–Trinajstić information content (AvgIpc) is 2.90. The van der Waals surface area contributed by atoms with E-state index in [1.54, 1.807) is 20.0 Å². The zero-order valence-corrected chi connectivity index (χ0v) is 12.8. The molecule has 2 rings (SSSR count). The van der Waals surface area contributed by atoms with Gasteiger partial charge < -0.3 is 14.6 Å². The van der Waals surface area contributed by atoms with Gasteiger partial charge in [-0.2, -0.15) is 0 Å². The average molecular weight is 307 g/mol. The molecule has 1 aliphatic rings. The third-order valence-electron chi connectivity index (χ3n) is 3.89. The summed E-state index contributed by atoms with van der Waals surface area (Å²) >= 11 is 0. The smallest absolute Gasteiger partial charge is 0.323 e. The molecule has 0 aliphatic heterocycles. The molecule has 3 unspecified atom stereocenters. The molecule has 0 radical (unpaired) electrons. The van der Waals surface area contributed by atoms with Crippen LogP contribution in [0.3, 0.4) is 0 Å². The summed E-state index contributed by atoms with van der Waals surface area (Å²) in [5.41, 5.74) is 1.92. The summed E-state index contributed by atoms with van der Waals surface area (Å²) in [7, 11) is 0. The number of rotatable bonds is 7. The van der Waals surface area contributed by atoms with E-state index in [9.17, 15) is 14.7 Å². The van der Waals surface area contributed by atoms with Crippen LogP contribution in [0.5, 0.6) is 0 Å². The molecule has 0 bridgehead atoms. The number of carbonyl (C=O) groups excluding carboxylic acids is 1. The number of hydrogen-bond donors (Lipinski definition) is 1. The topological polar surface area (TPSA) is 85.7 Å². The number of carboxylic acid groups (broad SMARTS) is 1. The number of pyridine rings is 1. The third-order valence-corrected chi connectivity index (χ3v) is 3.89. The van der Waals surface area contributed by atoms with Gasteiger partial charge in [-0.15, -0.1) is 0 Å². The summed E-state index contributed by atoms with van der Waals surface area (Å²) in [5.74, 6) is -3.52. The van der Waals surface area contributed by atoms with Crippen LogP contribution in [0.25, 0.3) is 0 Å². The summed E-state index contributed by atoms with van der Waals surface area (Å²) < 4.78 is 10.6. The van der Waals surface area contributed by atoms with Crippen molar-refractivity contribution in [2.75, 3.05) is 13.2 Å². The Morgan fingerprint density at radius 3 is 2.82 bits per heavy atom. The van der Waals surface area contributed by atoms with Gasteiger partial charge in [0.2, 0.25) is 0 Å². The van der Waals surface area contributed by atoms with Crippen molar-refractivity contribution in [3.63, 3.8) is 0 Å². The SMILES string of the molecule is CCOC(=O)C(C(=O)O)C(OCC)C1CCc2cccnc21. The first-order valence-electron chi connectivity index (χ1n) is 7.54. The number of ether oxygens (including phenoxy) is 2. The number of aromatic nitrogens is 1. The molecular weight excluding hydrogens is 286 g/mol. The van der Waals surface area contributed by atoms with E-state index >= 15 is 0 Å². The van der Waals surface area contributed by atoms with E-state index in [4.69, 9.17) is 9.47 Å². The minimum atomic E-state index is -1.34. The molecule has 22 heavy (non-hydrogen) atoms. The molecule has 0 amide bonds. The predicted octanol–water partition coefficient (Wildman–Crippen LogP) is 1.78. The number of aliphatic carboxylic acids is 1. The highest BCUT2D eigenvalue weighted by atomic mass is 16.5. The second-order valence-corrected chi connectivity index (χ2v) is 5.18. The van der Waals surface area contributed by atoms with Crippen LogP contribution in [0.1, 0.15) is 37.4 Å². The molecule has 120 valence electrons. The quantitative estimate of drug-likeness (QED) is 0.610. The molecule has 0 saturated carbocycles. The summed E-state index contributed by atoms with van der Waals surface area (Å²) in [6.45, 7) is 3.90. The first-order valence-corrected chi connectivity index (χ1v) is 7.54. The van der Waals surface area contributed by atoms with Crippen molar-refractivity contribution >= 4 is 11.9 Å². The zero-order valence-electron chi connectivity index (χ0n) is 12.8. The lowest BCUT2D eigenvalue weighted by atomic mass is 9.88. The molecule has 1 N–H and O–H groups in total. The Hall–Kier alpha value is -1.95. The number of nitrogens with zero attached hydrogens (tertiary/aromatic N) is 1. The number of fused-ring (bicyclic) bond motifs is 1. The van der Waals surface area contributed by atoms with Crippen LogP contribution in [-0.4, -0.2) is 41.3 Å². The Morgan fingerprint density at radius 2 is 2.18 bits per heavy atom. The van der Waals surface area contributed by atoms with Gasteiger partial charge in [0, 0.05) is 24.4 Å². The largest absolute Gasteiger partial charge is 0.481 e. The van der Waals surface area contributed by atoms with Gasteiger partial charge in [0.25, 0.3) is 0 Å². The molecule has 1 heterocycles. The Bertz CT molecular complexity index is 545. The van der Waals surface area contributed by atoms with Gasteiger partial charge in [0.15, 0.2) is 5.92 Å². The van der Waals surface area contributed by atoms with Gasteiger partial charge in [0.05, 0.1) is 12.7 Å². The van der Waals surface area contributed by atoms with Gasteiger partial charge in [-0.1, -0.05) is 6.07 Å². The second kappa shape index (κ2) is 7.35. The van der Waals surface area contributed by atoms with Gasteiger partial charge >= 0.3 is 11.9 Å². The summed E-state index contributed by atoms with van der Waals surface area (Å²) in [4.78, 5) is 28.0. The molecule has 6 nitrogen and oxygen atoms in total. The molecule has 1 aromatic heterocycles. The summed E-state index contributed by atoms with van der Waals surface area (Å²) in [6, 6.07) is 3.84. The van der Waals surface area contributed by atoms with E-state index in [1.807, 2.05) is 12.1 Å². The van der Waals surface area contributed by atoms with Gasteiger partial charge in [-0.05, 0) is 38.3 Å². The minimum absolute atomic E-state index is 0.140. The zero-order chi connectivity index (χ0) is 16.1. The Labute approximate surface area is 129 Å². The fourth-order valence-electron chi connectivity index (χ4n) is 3.01. The standard InChI is InChI=1S/C16H21NO5/c1-3-21-14(12(15(18)19)16(20)22-4-2)11-8-7-10-6-5-9-17-13(10)11/h5-6,9,11-12,14H,3-4,7-8H2,1-2H3,(H,18,19). The minimum Gasteiger partial charge on any atom is -0.481 e. The highest BCUT2D eigenvalue weighted by molar-refractivity contribution is 5.94. The Kier molecular flexibility index (Phi) is 5.49. The molecule has 0 spiro atoms. The van der Waals surface area contributed by atoms with Crippen molar-refractivity contribution in [1.82, 2.24) is 4.98 Å². The third kappa shape index (κ3) is 3.27. The second-order valence-electron chi connectivity index (χ2n) is 5.18. The number of carboxylic acids is 1. The van der Waals surface area contributed by atoms with E-state index in [0.29, 0.717) is 6.61 Å². The van der Waals surface area contributed by atoms with Gasteiger partial charge in [-0.25, -0.2) is 0 Å². The van der Waals surface area contributed by atoms with Crippen molar-refractivity contribution in [3.05, 3.63) is 29.6 Å². The van der Waals surface area contributed by atoms with E-state index in [-0.39, 0.29) is 12.5 Å². The fraction of sp³-hybridized carbons (Fsp3) is 0.562. The fourth-order valence-corrected chi connectivity index (χ4v) is 3.01. The van der Waals surface area contributed by atoms with Crippen LogP contribution in [-0.2, 0) is 25.5 Å². The Balaban J connectivity index is 2.32. The van der Waals surface area contributed by atoms with Crippen LogP contribution in [0.15, 0.2) is 18.3 Å². The van der Waals surface area contributed by atoms with Gasteiger partial charge in [0.1, 0.15) is 0 Å². The monoisotopic (exact) mass is 307 g/mol. The molecule has 0 saturated heterocycles. The van der Waals surface area contributed by atoms with E-state index in [2.05, 4.69) is 4.98 Å². The lowest BCUT2D eigenvalue weighted by Gasteiger charge is -2.27. The first-order chi connectivity index (χ1) is 10.6. The van der Waals surface area contributed by atoms with Crippen molar-refractivity contribution in [1.29, 1.82) is 0 Å². The molecule has 0 fully saturated rings. The van der Waals surface area contributed by atoms with Crippen molar-refractivity contribution < 1.29 is 24.2 Å². The normalized spacial score (nSPS) is 19.3. The highest BCUT2D eigenvalue weighted by Crippen LogP contribution is 2.38. The van der Waals surface area contributed by atoms with Crippen molar-refractivity contribution in [3.8, 4) is 0 Å². The van der Waals surface area contributed by atoms with E-state index < -0.39 is 24.0 Å². The number of carbonyl (C=O) groups is 2. The lowest BCUT2D eigenvalue weighted by molar-refractivity contribution is -0.166. The molecule has 1 aromatic rings. The van der Waals surface area contributed by atoms with Crippen molar-refractivity contribution in [2.45, 2.75) is 38.7 Å². The van der Waals surface area contributed by atoms with Crippen LogP contribution < -0.4 is 0 Å². The maximum Gasteiger partial charge on any atom is 0.323 e. The maximum atomic E-state index is 12.1. The number of hydrogen-bond acceptors (Lipinski definition) is 5. The van der Waals surface area contributed by atoms with Crippen LogP contribution in [0.4, 0.5) is 0 Å². The first kappa shape index (κ1) is 16.4. The number of esters is 1. The predicted molar refractivity (Wildman–Crippen MR) is 78.5 cm³/mol. The molecular formula is C16H21NO5. The Morgan fingerprint density at radius 1 is 1.41 bits per heavy atom. The van der Waals surface area contributed by atoms with Crippen LogP contribution in [0, 0.1) is 5.92 Å². The summed E-state index contributed by atoms with van der Waals surface area (Å²) in [5, 5.41) is 9.47. The molecule has 6 heteroatoms. The summed E-state index contributed by atoms with van der Waals surface area (Å²) in [6.07, 6.45) is 2.45. The maximum absolute atomic E-state index is 12.1. The highest BCUT2D eigenvalue weighted by Gasteiger charge is 2.44.